The molecule has 1 aliphatic rings. The SMILES string of the molecule is Cc1cc2c(N3CCCC3C(=O)O)ncnc2s1. The van der Waals surface area contributed by atoms with Gasteiger partial charge in [-0.25, -0.2) is 14.8 Å². The Kier molecular flexibility index (Phi) is 2.66. The van der Waals surface area contributed by atoms with Crippen molar-refractivity contribution in [1.82, 2.24) is 9.97 Å². The minimum atomic E-state index is -0.772. The monoisotopic (exact) mass is 263 g/mol. The van der Waals surface area contributed by atoms with Crippen LogP contribution in [0.2, 0.25) is 0 Å². The Morgan fingerprint density at radius 1 is 1.56 bits per heavy atom. The van der Waals surface area contributed by atoms with Crippen molar-refractivity contribution in [3.63, 3.8) is 0 Å². The summed E-state index contributed by atoms with van der Waals surface area (Å²) in [4.78, 5) is 23.8. The Labute approximate surface area is 108 Å². The van der Waals surface area contributed by atoms with Gasteiger partial charge in [0.15, 0.2) is 0 Å². The molecule has 0 spiro atoms. The maximum Gasteiger partial charge on any atom is 0.326 e. The first kappa shape index (κ1) is 11.4. The fourth-order valence-electron chi connectivity index (χ4n) is 2.47. The molecule has 2 aromatic rings. The first-order chi connectivity index (χ1) is 8.66. The molecule has 0 amide bonds. The third-order valence-corrected chi connectivity index (χ3v) is 4.20. The van der Waals surface area contributed by atoms with Crippen LogP contribution >= 0.6 is 11.3 Å². The Bertz CT molecular complexity index is 610. The minimum Gasteiger partial charge on any atom is -0.480 e. The van der Waals surface area contributed by atoms with Crippen molar-refractivity contribution in [3.05, 3.63) is 17.3 Å². The van der Waals surface area contributed by atoms with E-state index in [1.807, 2.05) is 17.9 Å². The zero-order valence-corrected chi connectivity index (χ0v) is 10.8. The lowest BCUT2D eigenvalue weighted by molar-refractivity contribution is -0.138. The average Bonchev–Trinajstić information content (AvgIpc) is 2.92. The largest absolute Gasteiger partial charge is 0.480 e. The van der Waals surface area contributed by atoms with Crippen molar-refractivity contribution >= 4 is 33.3 Å². The molecule has 0 aliphatic carbocycles. The second kappa shape index (κ2) is 4.20. The van der Waals surface area contributed by atoms with Gasteiger partial charge in [0, 0.05) is 11.4 Å². The van der Waals surface area contributed by atoms with E-state index in [1.165, 1.54) is 6.33 Å². The smallest absolute Gasteiger partial charge is 0.326 e. The number of carbonyl (C=O) groups is 1. The van der Waals surface area contributed by atoms with Crippen LogP contribution in [0.25, 0.3) is 10.2 Å². The number of aromatic nitrogens is 2. The summed E-state index contributed by atoms with van der Waals surface area (Å²) < 4.78 is 0. The highest BCUT2D eigenvalue weighted by Gasteiger charge is 2.32. The van der Waals surface area contributed by atoms with E-state index in [2.05, 4.69) is 9.97 Å². The van der Waals surface area contributed by atoms with Gasteiger partial charge in [0.25, 0.3) is 0 Å². The lowest BCUT2D eigenvalue weighted by Crippen LogP contribution is -2.36. The van der Waals surface area contributed by atoms with Crippen LogP contribution < -0.4 is 4.90 Å². The zero-order valence-electron chi connectivity index (χ0n) is 9.96. The quantitative estimate of drug-likeness (QED) is 0.898. The molecule has 3 rings (SSSR count). The third-order valence-electron chi connectivity index (χ3n) is 3.24. The van der Waals surface area contributed by atoms with E-state index in [1.54, 1.807) is 11.3 Å². The van der Waals surface area contributed by atoms with Crippen LogP contribution in [0.15, 0.2) is 12.4 Å². The molecule has 1 aliphatic heterocycles. The van der Waals surface area contributed by atoms with Crippen molar-refractivity contribution < 1.29 is 9.90 Å². The van der Waals surface area contributed by atoms with E-state index < -0.39 is 12.0 Å². The summed E-state index contributed by atoms with van der Waals surface area (Å²) in [6.07, 6.45) is 3.10. The Hall–Kier alpha value is -1.69. The molecule has 1 saturated heterocycles. The maximum absolute atomic E-state index is 11.2. The molecule has 1 fully saturated rings. The summed E-state index contributed by atoms with van der Waals surface area (Å²) >= 11 is 1.61. The molecule has 2 aromatic heterocycles. The summed E-state index contributed by atoms with van der Waals surface area (Å²) in [5.74, 6) is -0.0135. The first-order valence-corrected chi connectivity index (χ1v) is 6.69. The first-order valence-electron chi connectivity index (χ1n) is 5.87. The number of fused-ring (bicyclic) bond motifs is 1. The highest BCUT2D eigenvalue weighted by atomic mass is 32.1. The Morgan fingerprint density at radius 3 is 3.17 bits per heavy atom. The lowest BCUT2D eigenvalue weighted by Gasteiger charge is -2.22. The van der Waals surface area contributed by atoms with Crippen LogP contribution in [0.3, 0.4) is 0 Å². The summed E-state index contributed by atoms with van der Waals surface area (Å²) in [5, 5.41) is 10.2. The van der Waals surface area contributed by atoms with E-state index in [9.17, 15) is 9.90 Å². The van der Waals surface area contributed by atoms with Crippen molar-refractivity contribution in [3.8, 4) is 0 Å². The average molecular weight is 263 g/mol. The molecule has 1 atom stereocenters. The van der Waals surface area contributed by atoms with Crippen molar-refractivity contribution in [2.45, 2.75) is 25.8 Å². The van der Waals surface area contributed by atoms with E-state index in [-0.39, 0.29) is 0 Å². The molecule has 1 N–H and O–H groups in total. The summed E-state index contributed by atoms with van der Waals surface area (Å²) in [7, 11) is 0. The molecule has 0 aromatic carbocycles. The van der Waals surface area contributed by atoms with Gasteiger partial charge in [0.1, 0.15) is 23.0 Å². The second-order valence-corrected chi connectivity index (χ2v) is 5.70. The molecular weight excluding hydrogens is 250 g/mol. The molecule has 3 heterocycles. The second-order valence-electron chi connectivity index (χ2n) is 4.46. The topological polar surface area (TPSA) is 66.3 Å². The molecule has 1 unspecified atom stereocenters. The number of carboxylic acids is 1. The number of aryl methyl sites for hydroxylation is 1. The van der Waals surface area contributed by atoms with Crippen molar-refractivity contribution in [2.24, 2.45) is 0 Å². The number of hydrogen-bond donors (Lipinski definition) is 1. The fraction of sp³-hybridized carbons (Fsp3) is 0.417. The van der Waals surface area contributed by atoms with Crippen LogP contribution in [0.1, 0.15) is 17.7 Å². The molecule has 94 valence electrons. The number of aliphatic carboxylic acids is 1. The van der Waals surface area contributed by atoms with E-state index in [4.69, 9.17) is 0 Å². The molecule has 0 radical (unpaired) electrons. The number of nitrogens with zero attached hydrogens (tertiary/aromatic N) is 3. The fourth-order valence-corrected chi connectivity index (χ4v) is 3.31. The highest BCUT2D eigenvalue weighted by Crippen LogP contribution is 2.33. The van der Waals surface area contributed by atoms with Gasteiger partial charge >= 0.3 is 5.97 Å². The van der Waals surface area contributed by atoms with Gasteiger partial charge in [-0.05, 0) is 25.8 Å². The Morgan fingerprint density at radius 2 is 2.39 bits per heavy atom. The summed E-state index contributed by atoms with van der Waals surface area (Å²) in [6, 6.07) is 1.58. The third kappa shape index (κ3) is 1.73. The number of carboxylic acid groups (broad SMARTS) is 1. The van der Waals surface area contributed by atoms with Gasteiger partial charge in [-0.3, -0.25) is 0 Å². The lowest BCUT2D eigenvalue weighted by atomic mass is 10.2. The van der Waals surface area contributed by atoms with Gasteiger partial charge in [-0.15, -0.1) is 11.3 Å². The number of hydrogen-bond acceptors (Lipinski definition) is 5. The van der Waals surface area contributed by atoms with Crippen molar-refractivity contribution in [1.29, 1.82) is 0 Å². The van der Waals surface area contributed by atoms with Crippen LogP contribution in [0, 0.1) is 6.92 Å². The molecular formula is C12H13N3O2S. The van der Waals surface area contributed by atoms with Gasteiger partial charge in [-0.2, -0.15) is 0 Å². The van der Waals surface area contributed by atoms with Gasteiger partial charge in [-0.1, -0.05) is 0 Å². The zero-order chi connectivity index (χ0) is 12.7. The summed E-state index contributed by atoms with van der Waals surface area (Å²) in [5.41, 5.74) is 0. The molecule has 5 nitrogen and oxygen atoms in total. The van der Waals surface area contributed by atoms with E-state index in [0.717, 1.165) is 33.9 Å². The normalized spacial score (nSPS) is 19.6. The van der Waals surface area contributed by atoms with Crippen molar-refractivity contribution in [2.75, 3.05) is 11.4 Å². The van der Waals surface area contributed by atoms with Crippen LogP contribution in [0.5, 0.6) is 0 Å². The summed E-state index contributed by atoms with van der Waals surface area (Å²) in [6.45, 7) is 2.77. The van der Waals surface area contributed by atoms with Gasteiger partial charge in [0.05, 0.1) is 5.39 Å². The van der Waals surface area contributed by atoms with Crippen LogP contribution in [-0.2, 0) is 4.79 Å². The van der Waals surface area contributed by atoms with Gasteiger partial charge in [0.2, 0.25) is 0 Å². The van der Waals surface area contributed by atoms with Crippen LogP contribution in [-0.4, -0.2) is 33.6 Å². The predicted molar refractivity (Wildman–Crippen MR) is 70.2 cm³/mol. The predicted octanol–water partition coefficient (Wildman–Crippen LogP) is 2.05. The maximum atomic E-state index is 11.2. The molecule has 0 saturated carbocycles. The molecule has 6 heteroatoms. The molecule has 0 bridgehead atoms. The number of thiophene rings is 1. The van der Waals surface area contributed by atoms with Crippen LogP contribution in [0.4, 0.5) is 5.82 Å². The minimum absolute atomic E-state index is 0.455. The van der Waals surface area contributed by atoms with E-state index >= 15 is 0 Å². The highest BCUT2D eigenvalue weighted by molar-refractivity contribution is 7.18. The van der Waals surface area contributed by atoms with E-state index in [0.29, 0.717) is 6.42 Å². The molecule has 18 heavy (non-hydrogen) atoms. The number of anilines is 1. The Balaban J connectivity index is 2.11. The van der Waals surface area contributed by atoms with Gasteiger partial charge < -0.3 is 10.0 Å². The standard InChI is InChI=1S/C12H13N3O2S/c1-7-5-8-10(13-6-14-11(8)18-7)15-4-2-3-9(15)12(16)17/h5-6,9H,2-4H2,1H3,(H,16,17). The number of rotatable bonds is 2.